The van der Waals surface area contributed by atoms with Crippen molar-refractivity contribution >= 4 is 18.3 Å². The van der Waals surface area contributed by atoms with Crippen molar-refractivity contribution in [1.29, 1.82) is 0 Å². The van der Waals surface area contributed by atoms with Crippen LogP contribution >= 0.6 is 12.4 Å². The number of amides is 1. The van der Waals surface area contributed by atoms with Crippen LogP contribution in [0, 0.1) is 0 Å². The van der Waals surface area contributed by atoms with Gasteiger partial charge < -0.3 is 10.6 Å². The fourth-order valence-corrected chi connectivity index (χ4v) is 2.11. The highest BCUT2D eigenvalue weighted by Crippen LogP contribution is 2.22. The molecule has 1 aromatic rings. The first-order chi connectivity index (χ1) is 9.93. The second kappa shape index (κ2) is 10.6. The molecule has 1 amide bonds. The van der Waals surface area contributed by atoms with E-state index in [2.05, 4.69) is 62.6 Å². The van der Waals surface area contributed by atoms with Gasteiger partial charge in [-0.3, -0.25) is 4.79 Å². The zero-order chi connectivity index (χ0) is 15.7. The molecular weight excluding hydrogens is 296 g/mol. The van der Waals surface area contributed by atoms with Crippen LogP contribution < -0.4 is 10.6 Å². The van der Waals surface area contributed by atoms with Crippen molar-refractivity contribution in [3.63, 3.8) is 0 Å². The highest BCUT2D eigenvalue weighted by atomic mass is 35.5. The molecule has 126 valence electrons. The SMILES string of the molecule is CCCNCCNC(=O)CCc1ccc(C(C)(C)C)cc1.Cl. The zero-order valence-electron chi connectivity index (χ0n) is 14.4. The topological polar surface area (TPSA) is 41.1 Å². The molecule has 4 heteroatoms. The maximum Gasteiger partial charge on any atom is 0.220 e. The average molecular weight is 327 g/mol. The van der Waals surface area contributed by atoms with E-state index >= 15 is 0 Å². The van der Waals surface area contributed by atoms with Crippen molar-refractivity contribution in [2.45, 2.75) is 52.4 Å². The fourth-order valence-electron chi connectivity index (χ4n) is 2.11. The summed E-state index contributed by atoms with van der Waals surface area (Å²) in [6.07, 6.45) is 2.49. The van der Waals surface area contributed by atoms with Gasteiger partial charge in [0.05, 0.1) is 0 Å². The first kappa shape index (κ1) is 20.9. The van der Waals surface area contributed by atoms with Crippen LogP contribution in [0.3, 0.4) is 0 Å². The van der Waals surface area contributed by atoms with Gasteiger partial charge in [0, 0.05) is 19.5 Å². The Labute approximate surface area is 141 Å². The van der Waals surface area contributed by atoms with Crippen LogP contribution in [0.4, 0.5) is 0 Å². The molecule has 1 rings (SSSR count). The summed E-state index contributed by atoms with van der Waals surface area (Å²) in [5.41, 5.74) is 2.74. The van der Waals surface area contributed by atoms with Crippen LogP contribution in [0.2, 0.25) is 0 Å². The number of rotatable bonds is 8. The molecule has 0 fully saturated rings. The Kier molecular flexibility index (Phi) is 10.1. The highest BCUT2D eigenvalue weighted by molar-refractivity contribution is 5.85. The lowest BCUT2D eigenvalue weighted by atomic mass is 9.86. The molecule has 0 aliphatic heterocycles. The van der Waals surface area contributed by atoms with Gasteiger partial charge in [0.1, 0.15) is 0 Å². The quantitative estimate of drug-likeness (QED) is 0.718. The van der Waals surface area contributed by atoms with E-state index < -0.39 is 0 Å². The van der Waals surface area contributed by atoms with Crippen molar-refractivity contribution in [2.75, 3.05) is 19.6 Å². The summed E-state index contributed by atoms with van der Waals surface area (Å²) >= 11 is 0. The van der Waals surface area contributed by atoms with Gasteiger partial charge in [-0.2, -0.15) is 0 Å². The van der Waals surface area contributed by atoms with Gasteiger partial charge in [-0.1, -0.05) is 52.0 Å². The Bertz CT molecular complexity index is 424. The molecule has 0 unspecified atom stereocenters. The Morgan fingerprint density at radius 1 is 1.05 bits per heavy atom. The maximum atomic E-state index is 11.7. The van der Waals surface area contributed by atoms with Gasteiger partial charge in [-0.25, -0.2) is 0 Å². The maximum absolute atomic E-state index is 11.7. The lowest BCUT2D eigenvalue weighted by Crippen LogP contribution is -2.32. The van der Waals surface area contributed by atoms with Crippen LogP contribution in [0.15, 0.2) is 24.3 Å². The molecular formula is C18H31ClN2O. The summed E-state index contributed by atoms with van der Waals surface area (Å²) in [7, 11) is 0. The molecule has 0 aromatic heterocycles. The summed E-state index contributed by atoms with van der Waals surface area (Å²) in [5.74, 6) is 0.133. The molecule has 0 heterocycles. The van der Waals surface area contributed by atoms with Crippen molar-refractivity contribution < 1.29 is 4.79 Å². The van der Waals surface area contributed by atoms with E-state index in [1.807, 2.05) is 0 Å². The summed E-state index contributed by atoms with van der Waals surface area (Å²) in [4.78, 5) is 11.7. The van der Waals surface area contributed by atoms with Crippen molar-refractivity contribution in [3.05, 3.63) is 35.4 Å². The molecule has 0 aliphatic rings. The number of halogens is 1. The summed E-state index contributed by atoms with van der Waals surface area (Å²) < 4.78 is 0. The molecule has 0 radical (unpaired) electrons. The number of hydrogen-bond donors (Lipinski definition) is 2. The van der Waals surface area contributed by atoms with Gasteiger partial charge in [-0.15, -0.1) is 12.4 Å². The van der Waals surface area contributed by atoms with Gasteiger partial charge in [0.2, 0.25) is 5.91 Å². The van der Waals surface area contributed by atoms with Crippen LogP contribution in [0.5, 0.6) is 0 Å². The average Bonchev–Trinajstić information content (AvgIpc) is 2.44. The first-order valence-corrected chi connectivity index (χ1v) is 8.00. The molecule has 3 nitrogen and oxygen atoms in total. The Morgan fingerprint density at radius 3 is 2.23 bits per heavy atom. The minimum Gasteiger partial charge on any atom is -0.355 e. The minimum atomic E-state index is 0. The largest absolute Gasteiger partial charge is 0.355 e. The first-order valence-electron chi connectivity index (χ1n) is 8.00. The summed E-state index contributed by atoms with van der Waals surface area (Å²) in [5, 5.41) is 6.22. The van der Waals surface area contributed by atoms with Crippen LogP contribution in [0.25, 0.3) is 0 Å². The predicted molar refractivity (Wildman–Crippen MR) is 96.9 cm³/mol. The van der Waals surface area contributed by atoms with Gasteiger partial charge in [0.25, 0.3) is 0 Å². The van der Waals surface area contributed by atoms with E-state index in [-0.39, 0.29) is 23.7 Å². The Balaban J connectivity index is 0.00000441. The van der Waals surface area contributed by atoms with E-state index in [4.69, 9.17) is 0 Å². The number of aryl methyl sites for hydroxylation is 1. The van der Waals surface area contributed by atoms with Crippen LogP contribution in [0.1, 0.15) is 51.7 Å². The second-order valence-electron chi connectivity index (χ2n) is 6.55. The standard InChI is InChI=1S/C18H30N2O.ClH/c1-5-12-19-13-14-20-17(21)11-8-15-6-9-16(10-7-15)18(2,3)4;/h6-7,9-10,19H,5,8,11-14H2,1-4H3,(H,20,21);1H. The minimum absolute atomic E-state index is 0. The van der Waals surface area contributed by atoms with Crippen LogP contribution in [-0.2, 0) is 16.6 Å². The van der Waals surface area contributed by atoms with E-state index in [0.29, 0.717) is 13.0 Å². The highest BCUT2D eigenvalue weighted by Gasteiger charge is 2.12. The lowest BCUT2D eigenvalue weighted by Gasteiger charge is -2.19. The lowest BCUT2D eigenvalue weighted by molar-refractivity contribution is -0.121. The zero-order valence-corrected chi connectivity index (χ0v) is 15.2. The van der Waals surface area contributed by atoms with Crippen molar-refractivity contribution in [2.24, 2.45) is 0 Å². The number of benzene rings is 1. The van der Waals surface area contributed by atoms with Crippen molar-refractivity contribution in [1.82, 2.24) is 10.6 Å². The van der Waals surface area contributed by atoms with Gasteiger partial charge >= 0.3 is 0 Å². The molecule has 0 saturated heterocycles. The van der Waals surface area contributed by atoms with Crippen molar-refractivity contribution in [3.8, 4) is 0 Å². The number of carbonyl (C=O) groups is 1. The normalized spacial score (nSPS) is 10.9. The molecule has 0 bridgehead atoms. The summed E-state index contributed by atoms with van der Waals surface area (Å²) in [6, 6.07) is 8.61. The third kappa shape index (κ3) is 8.40. The monoisotopic (exact) mass is 326 g/mol. The Hall–Kier alpha value is -1.06. The van der Waals surface area contributed by atoms with E-state index in [9.17, 15) is 4.79 Å². The third-order valence-corrected chi connectivity index (χ3v) is 3.51. The molecule has 0 saturated carbocycles. The molecule has 0 spiro atoms. The molecule has 22 heavy (non-hydrogen) atoms. The van der Waals surface area contributed by atoms with Crippen LogP contribution in [-0.4, -0.2) is 25.5 Å². The molecule has 0 aliphatic carbocycles. The van der Waals surface area contributed by atoms with E-state index in [1.54, 1.807) is 0 Å². The van der Waals surface area contributed by atoms with E-state index in [1.165, 1.54) is 11.1 Å². The van der Waals surface area contributed by atoms with Gasteiger partial charge in [0.15, 0.2) is 0 Å². The number of carbonyl (C=O) groups excluding carboxylic acids is 1. The smallest absolute Gasteiger partial charge is 0.220 e. The number of nitrogens with one attached hydrogen (secondary N) is 2. The second-order valence-corrected chi connectivity index (χ2v) is 6.55. The number of hydrogen-bond acceptors (Lipinski definition) is 2. The molecule has 1 aromatic carbocycles. The molecule has 2 N–H and O–H groups in total. The molecule has 0 atom stereocenters. The van der Waals surface area contributed by atoms with Gasteiger partial charge in [-0.05, 0) is 35.9 Å². The fraction of sp³-hybridized carbons (Fsp3) is 0.611. The predicted octanol–water partition coefficient (Wildman–Crippen LogP) is 3.45. The van der Waals surface area contributed by atoms with E-state index in [0.717, 1.165) is 25.9 Å². The third-order valence-electron chi connectivity index (χ3n) is 3.51. The summed E-state index contributed by atoms with van der Waals surface area (Å²) in [6.45, 7) is 11.3. The Morgan fingerprint density at radius 2 is 1.68 bits per heavy atom.